The van der Waals surface area contributed by atoms with Gasteiger partial charge in [-0.3, -0.25) is 0 Å². The highest BCUT2D eigenvalue weighted by Crippen LogP contribution is 2.19. The van der Waals surface area contributed by atoms with Gasteiger partial charge in [-0.1, -0.05) is 24.3 Å². The summed E-state index contributed by atoms with van der Waals surface area (Å²) < 4.78 is 18.4. The molecule has 4 heteroatoms. The maximum Gasteiger partial charge on any atom is 0.123 e. The van der Waals surface area contributed by atoms with E-state index in [4.69, 9.17) is 15.6 Å². The van der Waals surface area contributed by atoms with Crippen LogP contribution in [0.4, 0.5) is 4.39 Å². The summed E-state index contributed by atoms with van der Waals surface area (Å²) in [6, 6.07) is 13.0. The van der Waals surface area contributed by atoms with Crippen LogP contribution in [-0.4, -0.2) is 11.7 Å². The Morgan fingerprint density at radius 3 is 2.58 bits per heavy atom. The predicted octanol–water partition coefficient (Wildman–Crippen LogP) is 2.40. The second-order valence-corrected chi connectivity index (χ2v) is 4.28. The van der Waals surface area contributed by atoms with Crippen LogP contribution in [0.1, 0.15) is 17.2 Å². The lowest BCUT2D eigenvalue weighted by atomic mass is 10.1. The van der Waals surface area contributed by atoms with E-state index < -0.39 is 6.04 Å². The number of aliphatic hydroxyl groups is 1. The molecular weight excluding hydrogens is 245 g/mol. The van der Waals surface area contributed by atoms with Gasteiger partial charge in [-0.15, -0.1) is 0 Å². The van der Waals surface area contributed by atoms with Crippen LogP contribution in [0, 0.1) is 5.82 Å². The molecule has 0 fully saturated rings. The van der Waals surface area contributed by atoms with Crippen molar-refractivity contribution in [3.8, 4) is 5.75 Å². The fourth-order valence-corrected chi connectivity index (χ4v) is 1.69. The molecule has 2 rings (SSSR count). The minimum Gasteiger partial charge on any atom is -0.489 e. The number of ether oxygens (including phenoxy) is 1. The molecule has 1 atom stereocenters. The highest BCUT2D eigenvalue weighted by Gasteiger charge is 2.05. The number of nitrogens with two attached hydrogens (primary N) is 1. The topological polar surface area (TPSA) is 55.5 Å². The lowest BCUT2D eigenvalue weighted by Crippen LogP contribution is -2.14. The Morgan fingerprint density at radius 2 is 1.89 bits per heavy atom. The first-order chi connectivity index (χ1) is 9.19. The van der Waals surface area contributed by atoms with Gasteiger partial charge in [0.15, 0.2) is 0 Å². The normalized spacial score (nSPS) is 12.2. The van der Waals surface area contributed by atoms with Gasteiger partial charge in [-0.05, 0) is 35.4 Å². The van der Waals surface area contributed by atoms with Gasteiger partial charge < -0.3 is 15.6 Å². The number of hydrogen-bond acceptors (Lipinski definition) is 3. The molecule has 0 aliphatic heterocycles. The van der Waals surface area contributed by atoms with Crippen LogP contribution in [0.25, 0.3) is 0 Å². The predicted molar refractivity (Wildman–Crippen MR) is 71.2 cm³/mol. The van der Waals surface area contributed by atoms with Gasteiger partial charge >= 0.3 is 0 Å². The molecule has 0 unspecified atom stereocenters. The summed E-state index contributed by atoms with van der Waals surface area (Å²) in [5.41, 5.74) is 7.45. The van der Waals surface area contributed by atoms with Crippen molar-refractivity contribution in [1.29, 1.82) is 0 Å². The van der Waals surface area contributed by atoms with Crippen molar-refractivity contribution in [2.45, 2.75) is 12.6 Å². The van der Waals surface area contributed by atoms with Crippen molar-refractivity contribution in [3.63, 3.8) is 0 Å². The molecular formula is C15H16FNO2. The molecule has 2 aromatic carbocycles. The first kappa shape index (κ1) is 13.5. The van der Waals surface area contributed by atoms with E-state index in [1.807, 2.05) is 18.2 Å². The molecule has 2 aromatic rings. The van der Waals surface area contributed by atoms with E-state index in [1.54, 1.807) is 18.2 Å². The van der Waals surface area contributed by atoms with Crippen LogP contribution in [0.15, 0.2) is 48.5 Å². The second kappa shape index (κ2) is 6.31. The zero-order valence-electron chi connectivity index (χ0n) is 10.4. The number of rotatable bonds is 5. The molecule has 0 saturated heterocycles. The first-order valence-electron chi connectivity index (χ1n) is 6.02. The summed E-state index contributed by atoms with van der Waals surface area (Å²) in [6.07, 6.45) is 0. The molecule has 0 radical (unpaired) electrons. The molecule has 0 amide bonds. The van der Waals surface area contributed by atoms with Gasteiger partial charge in [0.05, 0.1) is 12.6 Å². The number of halogens is 1. The third kappa shape index (κ3) is 3.77. The first-order valence-corrected chi connectivity index (χ1v) is 6.02. The molecule has 0 heterocycles. The molecule has 19 heavy (non-hydrogen) atoms. The van der Waals surface area contributed by atoms with Crippen LogP contribution in [0.2, 0.25) is 0 Å². The largest absolute Gasteiger partial charge is 0.489 e. The standard InChI is InChI=1S/C15H16FNO2/c16-13-6-4-11(5-7-13)10-19-14-3-1-2-12(8-14)15(17)9-18/h1-8,15,18H,9-10,17H2/t15-/m0/s1. The summed E-state index contributed by atoms with van der Waals surface area (Å²) >= 11 is 0. The molecule has 0 saturated carbocycles. The maximum atomic E-state index is 12.8. The van der Waals surface area contributed by atoms with Crippen LogP contribution in [0.3, 0.4) is 0 Å². The summed E-state index contributed by atoms with van der Waals surface area (Å²) in [6.45, 7) is 0.250. The highest BCUT2D eigenvalue weighted by molar-refractivity contribution is 5.30. The van der Waals surface area contributed by atoms with Gasteiger partial charge in [0.2, 0.25) is 0 Å². The second-order valence-electron chi connectivity index (χ2n) is 4.28. The summed E-state index contributed by atoms with van der Waals surface area (Å²) in [4.78, 5) is 0. The highest BCUT2D eigenvalue weighted by atomic mass is 19.1. The fourth-order valence-electron chi connectivity index (χ4n) is 1.69. The van der Waals surface area contributed by atoms with Crippen molar-refractivity contribution in [2.24, 2.45) is 5.73 Å². The number of benzene rings is 2. The van der Waals surface area contributed by atoms with Crippen molar-refractivity contribution < 1.29 is 14.2 Å². The quantitative estimate of drug-likeness (QED) is 0.869. The van der Waals surface area contributed by atoms with Crippen molar-refractivity contribution in [1.82, 2.24) is 0 Å². The van der Waals surface area contributed by atoms with Gasteiger partial charge in [-0.25, -0.2) is 4.39 Å². The minimum absolute atomic E-state index is 0.110. The Bertz CT molecular complexity index is 528. The van der Waals surface area contributed by atoms with Crippen LogP contribution in [-0.2, 0) is 6.61 Å². The van der Waals surface area contributed by atoms with Gasteiger partial charge in [0.1, 0.15) is 18.2 Å². The molecule has 0 aliphatic carbocycles. The Hall–Kier alpha value is -1.91. The Morgan fingerprint density at radius 1 is 1.16 bits per heavy atom. The SMILES string of the molecule is N[C@@H](CO)c1cccc(OCc2ccc(F)cc2)c1. The van der Waals surface area contributed by atoms with E-state index in [9.17, 15) is 4.39 Å². The third-order valence-corrected chi connectivity index (χ3v) is 2.80. The Balaban J connectivity index is 2.01. The third-order valence-electron chi connectivity index (χ3n) is 2.80. The Kier molecular flexibility index (Phi) is 4.49. The molecule has 3 N–H and O–H groups in total. The molecule has 100 valence electrons. The molecule has 0 aromatic heterocycles. The van der Waals surface area contributed by atoms with Crippen LogP contribution < -0.4 is 10.5 Å². The van der Waals surface area contributed by atoms with E-state index in [0.717, 1.165) is 11.1 Å². The number of aliphatic hydroxyl groups excluding tert-OH is 1. The van der Waals surface area contributed by atoms with Crippen molar-refractivity contribution >= 4 is 0 Å². The monoisotopic (exact) mass is 261 g/mol. The summed E-state index contributed by atoms with van der Waals surface area (Å²) in [7, 11) is 0. The lowest BCUT2D eigenvalue weighted by molar-refractivity contribution is 0.267. The van der Waals surface area contributed by atoms with E-state index >= 15 is 0 Å². The van der Waals surface area contributed by atoms with Crippen molar-refractivity contribution in [2.75, 3.05) is 6.61 Å². The average molecular weight is 261 g/mol. The van der Waals surface area contributed by atoms with Gasteiger partial charge in [-0.2, -0.15) is 0 Å². The summed E-state index contributed by atoms with van der Waals surface area (Å²) in [5, 5.41) is 9.01. The zero-order valence-corrected chi connectivity index (χ0v) is 10.4. The van der Waals surface area contributed by atoms with Crippen LogP contribution in [0.5, 0.6) is 5.75 Å². The maximum absolute atomic E-state index is 12.8. The zero-order chi connectivity index (χ0) is 13.7. The van der Waals surface area contributed by atoms with Gasteiger partial charge in [0.25, 0.3) is 0 Å². The van der Waals surface area contributed by atoms with E-state index in [0.29, 0.717) is 12.4 Å². The summed E-state index contributed by atoms with van der Waals surface area (Å²) in [5.74, 6) is 0.408. The van der Waals surface area contributed by atoms with Gasteiger partial charge in [0, 0.05) is 0 Å². The molecule has 3 nitrogen and oxygen atoms in total. The van der Waals surface area contributed by atoms with E-state index in [2.05, 4.69) is 0 Å². The average Bonchev–Trinajstić information content (AvgIpc) is 2.46. The van der Waals surface area contributed by atoms with E-state index in [-0.39, 0.29) is 12.4 Å². The lowest BCUT2D eigenvalue weighted by Gasteiger charge is -2.11. The Labute approximate surface area is 111 Å². The molecule has 0 aliphatic rings. The number of hydrogen-bond donors (Lipinski definition) is 2. The minimum atomic E-state index is -0.408. The van der Waals surface area contributed by atoms with Crippen LogP contribution >= 0.6 is 0 Å². The molecule has 0 spiro atoms. The molecule has 0 bridgehead atoms. The fraction of sp³-hybridized carbons (Fsp3) is 0.200. The smallest absolute Gasteiger partial charge is 0.123 e. The van der Waals surface area contributed by atoms with Crippen molar-refractivity contribution in [3.05, 3.63) is 65.5 Å². The van der Waals surface area contributed by atoms with E-state index in [1.165, 1.54) is 12.1 Å².